The van der Waals surface area contributed by atoms with Crippen LogP contribution in [0.4, 0.5) is 10.3 Å². The molecule has 2 rings (SSSR count). The van der Waals surface area contributed by atoms with E-state index in [0.29, 0.717) is 24.6 Å². The van der Waals surface area contributed by atoms with Gasteiger partial charge in [0.1, 0.15) is 5.82 Å². The highest BCUT2D eigenvalue weighted by Gasteiger charge is 2.23. The molecule has 1 atom stereocenters. The molecule has 1 aromatic carbocycles. The van der Waals surface area contributed by atoms with E-state index in [1.165, 1.54) is 37.6 Å². The molecule has 0 saturated carbocycles. The standard InChI is InChI=1S/C19H22ClFN4O3/c1-4-25(5-2)19-22-11-14(20)17(24-19)18(27)23-15(10-16(26)28-3)12-6-8-13(21)9-7-12/h6-9,11,15H,4-5,10H2,1-3H3,(H,23,27). The highest BCUT2D eigenvalue weighted by atomic mass is 35.5. The number of carbonyl (C=O) groups excluding carboxylic acids is 2. The number of nitrogens with one attached hydrogen (secondary N) is 1. The zero-order chi connectivity index (χ0) is 20.7. The molecule has 1 N–H and O–H groups in total. The fourth-order valence-corrected chi connectivity index (χ4v) is 2.78. The summed E-state index contributed by atoms with van der Waals surface area (Å²) < 4.78 is 17.9. The van der Waals surface area contributed by atoms with Crippen LogP contribution in [0.5, 0.6) is 0 Å². The van der Waals surface area contributed by atoms with Gasteiger partial charge in [-0.3, -0.25) is 9.59 Å². The Labute approximate surface area is 167 Å². The SMILES string of the molecule is CCN(CC)c1ncc(Cl)c(C(=O)NC(CC(=O)OC)c2ccc(F)cc2)n1. The molecule has 150 valence electrons. The minimum atomic E-state index is -0.733. The number of benzene rings is 1. The number of methoxy groups -OCH3 is 1. The van der Waals surface area contributed by atoms with E-state index in [9.17, 15) is 14.0 Å². The number of anilines is 1. The molecule has 0 spiro atoms. The van der Waals surface area contributed by atoms with Crippen molar-refractivity contribution in [3.05, 3.63) is 52.6 Å². The Morgan fingerprint density at radius 1 is 1.25 bits per heavy atom. The van der Waals surface area contributed by atoms with Gasteiger partial charge in [-0.15, -0.1) is 0 Å². The molecule has 0 radical (unpaired) electrons. The Morgan fingerprint density at radius 3 is 2.46 bits per heavy atom. The van der Waals surface area contributed by atoms with Crippen molar-refractivity contribution in [3.63, 3.8) is 0 Å². The molecular formula is C19H22ClFN4O3. The number of nitrogens with zero attached hydrogens (tertiary/aromatic N) is 3. The van der Waals surface area contributed by atoms with E-state index in [1.807, 2.05) is 18.7 Å². The van der Waals surface area contributed by atoms with Crippen LogP contribution >= 0.6 is 11.6 Å². The first-order valence-electron chi connectivity index (χ1n) is 8.80. The quantitative estimate of drug-likeness (QED) is 0.675. The average Bonchev–Trinajstić information content (AvgIpc) is 2.69. The van der Waals surface area contributed by atoms with Crippen molar-refractivity contribution in [1.29, 1.82) is 0 Å². The second-order valence-corrected chi connectivity index (χ2v) is 6.30. The monoisotopic (exact) mass is 408 g/mol. The first-order chi connectivity index (χ1) is 13.4. The van der Waals surface area contributed by atoms with Crippen LogP contribution in [0.3, 0.4) is 0 Å². The van der Waals surface area contributed by atoms with E-state index in [4.69, 9.17) is 16.3 Å². The Hall–Kier alpha value is -2.74. The maximum absolute atomic E-state index is 13.2. The summed E-state index contributed by atoms with van der Waals surface area (Å²) in [5, 5.41) is 2.81. The van der Waals surface area contributed by atoms with E-state index >= 15 is 0 Å². The van der Waals surface area contributed by atoms with Gasteiger partial charge in [0.05, 0.1) is 30.8 Å². The predicted octanol–water partition coefficient (Wildman–Crippen LogP) is 3.15. The number of hydrogen-bond donors (Lipinski definition) is 1. The van der Waals surface area contributed by atoms with Gasteiger partial charge < -0.3 is 15.0 Å². The molecule has 1 aromatic heterocycles. The summed E-state index contributed by atoms with van der Waals surface area (Å²) in [6, 6.07) is 4.76. The lowest BCUT2D eigenvalue weighted by molar-refractivity contribution is -0.141. The third-order valence-corrected chi connectivity index (χ3v) is 4.45. The topological polar surface area (TPSA) is 84.4 Å². The lowest BCUT2D eigenvalue weighted by Gasteiger charge is -2.21. The second kappa shape index (κ2) is 9.98. The lowest BCUT2D eigenvalue weighted by atomic mass is 10.0. The van der Waals surface area contributed by atoms with Crippen LogP contribution in [-0.2, 0) is 9.53 Å². The molecule has 1 unspecified atom stereocenters. The van der Waals surface area contributed by atoms with Gasteiger partial charge in [-0.05, 0) is 31.5 Å². The fourth-order valence-electron chi connectivity index (χ4n) is 2.60. The van der Waals surface area contributed by atoms with Crippen LogP contribution in [0.15, 0.2) is 30.5 Å². The van der Waals surface area contributed by atoms with E-state index in [2.05, 4.69) is 15.3 Å². The summed E-state index contributed by atoms with van der Waals surface area (Å²) in [7, 11) is 1.25. The largest absolute Gasteiger partial charge is 0.469 e. The van der Waals surface area contributed by atoms with Gasteiger partial charge in [0.2, 0.25) is 5.95 Å². The summed E-state index contributed by atoms with van der Waals surface area (Å²) in [6.45, 7) is 5.23. The summed E-state index contributed by atoms with van der Waals surface area (Å²) in [6.07, 6.45) is 1.24. The lowest BCUT2D eigenvalue weighted by Crippen LogP contribution is -2.32. The van der Waals surface area contributed by atoms with Gasteiger partial charge in [0.25, 0.3) is 5.91 Å². The summed E-state index contributed by atoms with van der Waals surface area (Å²) in [4.78, 5) is 34.9. The third kappa shape index (κ3) is 5.39. The molecule has 0 fully saturated rings. The number of amides is 1. The predicted molar refractivity (Wildman–Crippen MR) is 104 cm³/mol. The van der Waals surface area contributed by atoms with Gasteiger partial charge in [0.15, 0.2) is 5.69 Å². The van der Waals surface area contributed by atoms with Crippen molar-refractivity contribution >= 4 is 29.4 Å². The summed E-state index contributed by atoms with van der Waals surface area (Å²) in [5.41, 5.74) is 0.546. The average molecular weight is 409 g/mol. The van der Waals surface area contributed by atoms with Crippen LogP contribution in [-0.4, -0.2) is 42.0 Å². The van der Waals surface area contributed by atoms with E-state index < -0.39 is 23.7 Å². The van der Waals surface area contributed by atoms with Crippen molar-refractivity contribution < 1.29 is 18.7 Å². The van der Waals surface area contributed by atoms with Crippen molar-refractivity contribution in [2.24, 2.45) is 0 Å². The molecule has 0 saturated heterocycles. The van der Waals surface area contributed by atoms with Crippen LogP contribution in [0.2, 0.25) is 5.02 Å². The first kappa shape index (κ1) is 21.6. The Bertz CT molecular complexity index is 828. The summed E-state index contributed by atoms with van der Waals surface area (Å²) >= 11 is 6.12. The highest BCUT2D eigenvalue weighted by molar-refractivity contribution is 6.33. The number of esters is 1. The molecule has 1 amide bonds. The Morgan fingerprint density at radius 2 is 1.89 bits per heavy atom. The molecule has 0 aliphatic heterocycles. The Kier molecular flexibility index (Phi) is 7.69. The zero-order valence-electron chi connectivity index (χ0n) is 15.9. The normalized spacial score (nSPS) is 11.6. The number of ether oxygens (including phenoxy) is 1. The van der Waals surface area contributed by atoms with E-state index in [0.717, 1.165) is 0 Å². The zero-order valence-corrected chi connectivity index (χ0v) is 16.7. The molecule has 28 heavy (non-hydrogen) atoms. The molecule has 0 aliphatic rings. The maximum atomic E-state index is 13.2. The first-order valence-corrected chi connectivity index (χ1v) is 9.18. The second-order valence-electron chi connectivity index (χ2n) is 5.90. The molecular weight excluding hydrogens is 387 g/mol. The van der Waals surface area contributed by atoms with Gasteiger partial charge >= 0.3 is 5.97 Å². The van der Waals surface area contributed by atoms with Crippen molar-refractivity contribution in [3.8, 4) is 0 Å². The fraction of sp³-hybridized carbons (Fsp3) is 0.368. The highest BCUT2D eigenvalue weighted by Crippen LogP contribution is 2.21. The minimum absolute atomic E-state index is 0.00413. The van der Waals surface area contributed by atoms with Gasteiger partial charge in [-0.25, -0.2) is 14.4 Å². The number of halogens is 2. The molecule has 9 heteroatoms. The molecule has 0 bridgehead atoms. The maximum Gasteiger partial charge on any atom is 0.307 e. The van der Waals surface area contributed by atoms with Crippen LogP contribution < -0.4 is 10.2 Å². The van der Waals surface area contributed by atoms with Crippen LogP contribution in [0.25, 0.3) is 0 Å². The Balaban J connectivity index is 2.31. The van der Waals surface area contributed by atoms with Gasteiger partial charge in [0, 0.05) is 13.1 Å². The molecule has 1 heterocycles. The van der Waals surface area contributed by atoms with Crippen molar-refractivity contribution in [1.82, 2.24) is 15.3 Å². The van der Waals surface area contributed by atoms with Crippen LogP contribution in [0, 0.1) is 5.82 Å². The minimum Gasteiger partial charge on any atom is -0.469 e. The van der Waals surface area contributed by atoms with E-state index in [1.54, 1.807) is 0 Å². The van der Waals surface area contributed by atoms with Crippen molar-refractivity contribution in [2.75, 3.05) is 25.1 Å². The van der Waals surface area contributed by atoms with Crippen LogP contribution in [0.1, 0.15) is 42.4 Å². The third-order valence-electron chi connectivity index (χ3n) is 4.17. The van der Waals surface area contributed by atoms with Gasteiger partial charge in [-0.2, -0.15) is 0 Å². The summed E-state index contributed by atoms with van der Waals surface area (Å²) in [5.74, 6) is -1.13. The number of rotatable bonds is 8. The van der Waals surface area contributed by atoms with Crippen molar-refractivity contribution in [2.45, 2.75) is 26.3 Å². The smallest absolute Gasteiger partial charge is 0.307 e. The molecule has 0 aliphatic carbocycles. The number of hydrogen-bond acceptors (Lipinski definition) is 6. The number of aromatic nitrogens is 2. The molecule has 2 aromatic rings. The van der Waals surface area contributed by atoms with Gasteiger partial charge in [-0.1, -0.05) is 23.7 Å². The number of carbonyl (C=O) groups is 2. The molecule has 7 nitrogen and oxygen atoms in total. The van der Waals surface area contributed by atoms with E-state index in [-0.39, 0.29) is 17.1 Å².